The number of carbonyl (C=O) groups is 2. The van der Waals surface area contributed by atoms with Crippen molar-refractivity contribution in [3.63, 3.8) is 0 Å². The van der Waals surface area contributed by atoms with Crippen molar-refractivity contribution in [1.82, 2.24) is 5.32 Å². The third-order valence-electron chi connectivity index (χ3n) is 3.49. The van der Waals surface area contributed by atoms with Crippen molar-refractivity contribution in [3.8, 4) is 11.5 Å². The van der Waals surface area contributed by atoms with Crippen LogP contribution in [0.4, 0.5) is 0 Å². The smallest absolute Gasteiger partial charge is 0.257 e. The zero-order valence-electron chi connectivity index (χ0n) is 14.6. The molecule has 0 aliphatic carbocycles. The van der Waals surface area contributed by atoms with Gasteiger partial charge in [0.2, 0.25) is 0 Å². The largest absolute Gasteiger partial charge is 0.493 e. The maximum atomic E-state index is 12.3. The van der Waals surface area contributed by atoms with Gasteiger partial charge in [-0.25, -0.2) is 0 Å². The molecule has 0 radical (unpaired) electrons. The molecule has 5 nitrogen and oxygen atoms in total. The molecule has 0 saturated heterocycles. The number of allylic oxidation sites excluding steroid dienone is 1. The van der Waals surface area contributed by atoms with Gasteiger partial charge < -0.3 is 14.8 Å². The van der Waals surface area contributed by atoms with Gasteiger partial charge in [0.1, 0.15) is 0 Å². The number of benzene rings is 2. The highest BCUT2D eigenvalue weighted by Gasteiger charge is 2.09. The highest BCUT2D eigenvalue weighted by Crippen LogP contribution is 2.28. The molecular formula is C20H20BrNO4. The Bertz CT molecular complexity index is 817. The molecule has 0 bridgehead atoms. The van der Waals surface area contributed by atoms with E-state index in [1.807, 2.05) is 25.1 Å². The number of methoxy groups -OCH3 is 1. The number of halogens is 1. The summed E-state index contributed by atoms with van der Waals surface area (Å²) < 4.78 is 11.5. The predicted molar refractivity (Wildman–Crippen MR) is 105 cm³/mol. The number of ketones is 1. The monoisotopic (exact) mass is 417 g/mol. The Morgan fingerprint density at radius 3 is 2.62 bits per heavy atom. The van der Waals surface area contributed by atoms with E-state index < -0.39 is 0 Å². The third kappa shape index (κ3) is 5.46. The van der Waals surface area contributed by atoms with Gasteiger partial charge in [-0.2, -0.15) is 0 Å². The van der Waals surface area contributed by atoms with Gasteiger partial charge in [-0.3, -0.25) is 9.59 Å². The minimum atomic E-state index is -0.197. The number of amides is 1. The molecule has 0 aliphatic rings. The number of likely N-dealkylation sites (N-methyl/N-ethyl adjacent to an activating group) is 1. The van der Waals surface area contributed by atoms with Crippen LogP contribution in [0.5, 0.6) is 11.5 Å². The maximum absolute atomic E-state index is 12.3. The Hall–Kier alpha value is -2.60. The normalized spacial score (nSPS) is 10.6. The fourth-order valence-corrected chi connectivity index (χ4v) is 2.70. The van der Waals surface area contributed by atoms with E-state index in [-0.39, 0.29) is 18.3 Å². The van der Waals surface area contributed by atoms with Gasteiger partial charge in [0.15, 0.2) is 23.9 Å². The highest BCUT2D eigenvalue weighted by molar-refractivity contribution is 9.10. The van der Waals surface area contributed by atoms with Crippen LogP contribution in [0, 0.1) is 0 Å². The second-order valence-corrected chi connectivity index (χ2v) is 6.18. The van der Waals surface area contributed by atoms with E-state index in [2.05, 4.69) is 21.2 Å². The maximum Gasteiger partial charge on any atom is 0.257 e. The molecule has 0 aliphatic heterocycles. The summed E-state index contributed by atoms with van der Waals surface area (Å²) in [6.45, 7) is 2.31. The molecular weight excluding hydrogens is 398 g/mol. The minimum Gasteiger partial charge on any atom is -0.493 e. The van der Waals surface area contributed by atoms with Gasteiger partial charge in [-0.05, 0) is 42.8 Å². The molecule has 0 atom stereocenters. The van der Waals surface area contributed by atoms with E-state index in [9.17, 15) is 9.59 Å². The van der Waals surface area contributed by atoms with Gasteiger partial charge in [-0.1, -0.05) is 40.2 Å². The van der Waals surface area contributed by atoms with Gasteiger partial charge in [0, 0.05) is 16.6 Å². The number of hydrogen-bond acceptors (Lipinski definition) is 4. The summed E-state index contributed by atoms with van der Waals surface area (Å²) >= 11 is 3.37. The lowest BCUT2D eigenvalue weighted by molar-refractivity contribution is -0.123. The van der Waals surface area contributed by atoms with Crippen molar-refractivity contribution in [2.45, 2.75) is 6.92 Å². The van der Waals surface area contributed by atoms with Crippen LogP contribution in [0.25, 0.3) is 6.08 Å². The zero-order chi connectivity index (χ0) is 18.9. The first-order valence-electron chi connectivity index (χ1n) is 8.09. The van der Waals surface area contributed by atoms with Crippen molar-refractivity contribution in [1.29, 1.82) is 0 Å². The van der Waals surface area contributed by atoms with Crippen LogP contribution < -0.4 is 14.8 Å². The molecule has 1 amide bonds. The number of carbonyl (C=O) groups excluding carboxylic acids is 2. The number of hydrogen-bond donors (Lipinski definition) is 1. The Morgan fingerprint density at radius 2 is 1.92 bits per heavy atom. The number of ether oxygens (including phenoxy) is 2. The molecule has 2 aromatic carbocycles. The Labute approximate surface area is 161 Å². The molecule has 6 heteroatoms. The molecule has 2 aromatic rings. The molecule has 0 saturated carbocycles. The SMILES string of the molecule is CCNC(=O)COc1ccc(/C=C/C(=O)c2ccccc2Br)cc1OC. The number of rotatable bonds is 8. The van der Waals surface area contributed by atoms with E-state index in [1.54, 1.807) is 30.3 Å². The van der Waals surface area contributed by atoms with Gasteiger partial charge in [0.25, 0.3) is 5.91 Å². The molecule has 0 unspecified atom stereocenters. The quantitative estimate of drug-likeness (QED) is 0.522. The Balaban J connectivity index is 2.10. The molecule has 2 rings (SSSR count). The van der Waals surface area contributed by atoms with E-state index in [4.69, 9.17) is 9.47 Å². The van der Waals surface area contributed by atoms with Crippen LogP contribution in [-0.2, 0) is 4.79 Å². The van der Waals surface area contributed by atoms with Crippen molar-refractivity contribution in [2.75, 3.05) is 20.3 Å². The minimum absolute atomic E-state index is 0.0834. The number of nitrogens with one attached hydrogen (secondary N) is 1. The molecule has 136 valence electrons. The summed E-state index contributed by atoms with van der Waals surface area (Å²) in [6, 6.07) is 12.5. The molecule has 0 spiro atoms. The lowest BCUT2D eigenvalue weighted by atomic mass is 10.1. The Kier molecular flexibility index (Phi) is 7.41. The van der Waals surface area contributed by atoms with Crippen LogP contribution in [0.3, 0.4) is 0 Å². The lowest BCUT2D eigenvalue weighted by Gasteiger charge is -2.11. The van der Waals surface area contributed by atoms with E-state index in [0.717, 1.165) is 10.0 Å². The van der Waals surface area contributed by atoms with Gasteiger partial charge >= 0.3 is 0 Å². The summed E-state index contributed by atoms with van der Waals surface area (Å²) in [7, 11) is 1.52. The second-order valence-electron chi connectivity index (χ2n) is 5.33. The summed E-state index contributed by atoms with van der Waals surface area (Å²) in [4.78, 5) is 23.8. The van der Waals surface area contributed by atoms with Crippen molar-refractivity contribution >= 4 is 33.7 Å². The van der Waals surface area contributed by atoms with Crippen LogP contribution in [-0.4, -0.2) is 32.0 Å². The fourth-order valence-electron chi connectivity index (χ4n) is 2.22. The van der Waals surface area contributed by atoms with Crippen molar-refractivity contribution < 1.29 is 19.1 Å². The predicted octanol–water partition coefficient (Wildman–Crippen LogP) is 3.87. The summed E-state index contributed by atoms with van der Waals surface area (Å²) in [5.74, 6) is 0.656. The fraction of sp³-hybridized carbons (Fsp3) is 0.200. The first kappa shape index (κ1) is 19.7. The summed E-state index contributed by atoms with van der Waals surface area (Å²) in [5, 5.41) is 2.66. The topological polar surface area (TPSA) is 64.6 Å². The average Bonchev–Trinajstić information content (AvgIpc) is 2.65. The highest BCUT2D eigenvalue weighted by atomic mass is 79.9. The first-order valence-corrected chi connectivity index (χ1v) is 8.89. The van der Waals surface area contributed by atoms with Gasteiger partial charge in [0.05, 0.1) is 7.11 Å². The first-order chi connectivity index (χ1) is 12.5. The molecule has 0 fully saturated rings. The van der Waals surface area contributed by atoms with E-state index in [1.165, 1.54) is 13.2 Å². The lowest BCUT2D eigenvalue weighted by Crippen LogP contribution is -2.28. The van der Waals surface area contributed by atoms with Gasteiger partial charge in [-0.15, -0.1) is 0 Å². The molecule has 0 aromatic heterocycles. The van der Waals surface area contributed by atoms with Crippen LogP contribution in [0.2, 0.25) is 0 Å². The Morgan fingerprint density at radius 1 is 1.15 bits per heavy atom. The molecule has 1 N–H and O–H groups in total. The molecule has 26 heavy (non-hydrogen) atoms. The van der Waals surface area contributed by atoms with Crippen molar-refractivity contribution in [3.05, 3.63) is 64.1 Å². The standard InChI is InChI=1S/C20H20BrNO4/c1-3-22-20(24)13-26-18-11-9-14(12-19(18)25-2)8-10-17(23)15-6-4-5-7-16(15)21/h4-12H,3,13H2,1-2H3,(H,22,24)/b10-8+. The molecule has 0 heterocycles. The van der Waals surface area contributed by atoms with E-state index in [0.29, 0.717) is 23.6 Å². The third-order valence-corrected chi connectivity index (χ3v) is 4.18. The van der Waals surface area contributed by atoms with Crippen LogP contribution in [0.15, 0.2) is 53.0 Å². The van der Waals surface area contributed by atoms with Crippen LogP contribution in [0.1, 0.15) is 22.8 Å². The second kappa shape index (κ2) is 9.77. The van der Waals surface area contributed by atoms with Crippen LogP contribution >= 0.6 is 15.9 Å². The summed E-state index contributed by atoms with van der Waals surface area (Å²) in [5.41, 5.74) is 1.38. The van der Waals surface area contributed by atoms with E-state index >= 15 is 0 Å². The summed E-state index contributed by atoms with van der Waals surface area (Å²) in [6.07, 6.45) is 3.21. The zero-order valence-corrected chi connectivity index (χ0v) is 16.2. The van der Waals surface area contributed by atoms with Crippen molar-refractivity contribution in [2.24, 2.45) is 0 Å². The average molecular weight is 418 g/mol.